The molecule has 104 valence electrons. The number of amides is 1. The molecule has 0 bridgehead atoms. The first-order valence-electron chi connectivity index (χ1n) is 6.64. The zero-order valence-electron chi connectivity index (χ0n) is 11.4. The van der Waals surface area contributed by atoms with Crippen molar-refractivity contribution in [3.8, 4) is 0 Å². The molecule has 1 fully saturated rings. The van der Waals surface area contributed by atoms with Crippen LogP contribution < -0.4 is 5.73 Å². The van der Waals surface area contributed by atoms with Gasteiger partial charge < -0.3 is 15.2 Å². The molecule has 0 atom stereocenters. The van der Waals surface area contributed by atoms with Crippen molar-refractivity contribution in [2.75, 3.05) is 5.73 Å². The number of nitrogens with two attached hydrogens (primary N) is 1. The maximum absolute atomic E-state index is 12.6. The number of hydrogen-bond acceptors (Lipinski definition) is 4. The van der Waals surface area contributed by atoms with Crippen molar-refractivity contribution >= 4 is 11.6 Å². The van der Waals surface area contributed by atoms with Crippen molar-refractivity contribution in [3.63, 3.8) is 0 Å². The predicted molar refractivity (Wildman–Crippen MR) is 74.8 cm³/mol. The Labute approximate surface area is 117 Å². The largest absolute Gasteiger partial charge is 0.397 e. The van der Waals surface area contributed by atoms with Crippen LogP contribution in [-0.4, -0.2) is 31.4 Å². The Kier molecular flexibility index (Phi) is 3.14. The summed E-state index contributed by atoms with van der Waals surface area (Å²) in [7, 11) is 1.92. The van der Waals surface area contributed by atoms with E-state index in [2.05, 4.69) is 9.97 Å². The van der Waals surface area contributed by atoms with Gasteiger partial charge in [-0.1, -0.05) is 0 Å². The summed E-state index contributed by atoms with van der Waals surface area (Å²) in [6, 6.07) is 3.71. The van der Waals surface area contributed by atoms with Gasteiger partial charge in [-0.2, -0.15) is 0 Å². The molecule has 0 unspecified atom stereocenters. The van der Waals surface area contributed by atoms with E-state index in [-0.39, 0.29) is 11.9 Å². The van der Waals surface area contributed by atoms with Gasteiger partial charge in [0.25, 0.3) is 5.91 Å². The van der Waals surface area contributed by atoms with Gasteiger partial charge in [-0.3, -0.25) is 4.79 Å². The topological polar surface area (TPSA) is 77.0 Å². The number of carbonyl (C=O) groups is 1. The average molecular weight is 271 g/mol. The van der Waals surface area contributed by atoms with Crippen molar-refractivity contribution in [2.45, 2.75) is 25.4 Å². The highest BCUT2D eigenvalue weighted by atomic mass is 16.2. The quantitative estimate of drug-likeness (QED) is 0.906. The zero-order valence-corrected chi connectivity index (χ0v) is 11.4. The van der Waals surface area contributed by atoms with Crippen LogP contribution in [0.3, 0.4) is 0 Å². The first-order valence-corrected chi connectivity index (χ1v) is 6.64. The van der Waals surface area contributed by atoms with E-state index in [0.717, 1.165) is 18.7 Å². The van der Waals surface area contributed by atoms with Crippen LogP contribution in [0.25, 0.3) is 0 Å². The summed E-state index contributed by atoms with van der Waals surface area (Å²) >= 11 is 0. The Bertz CT molecular complexity index is 632. The number of anilines is 1. The van der Waals surface area contributed by atoms with E-state index in [4.69, 9.17) is 5.73 Å². The average Bonchev–Trinajstić information content (AvgIpc) is 3.20. The minimum absolute atomic E-state index is 0.117. The second-order valence-corrected chi connectivity index (χ2v) is 5.06. The van der Waals surface area contributed by atoms with Gasteiger partial charge in [-0.15, -0.1) is 0 Å². The number of rotatable bonds is 4. The molecule has 1 aliphatic carbocycles. The van der Waals surface area contributed by atoms with E-state index in [0.29, 0.717) is 17.9 Å². The number of aromatic nitrogens is 3. The third-order valence-electron chi connectivity index (χ3n) is 3.52. The van der Waals surface area contributed by atoms with Crippen LogP contribution in [-0.2, 0) is 13.6 Å². The van der Waals surface area contributed by atoms with E-state index < -0.39 is 0 Å². The third kappa shape index (κ3) is 2.36. The fourth-order valence-corrected chi connectivity index (χ4v) is 2.19. The van der Waals surface area contributed by atoms with E-state index in [1.165, 1.54) is 0 Å². The number of nitrogens with zero attached hydrogens (tertiary/aromatic N) is 4. The van der Waals surface area contributed by atoms with E-state index in [9.17, 15) is 4.79 Å². The van der Waals surface area contributed by atoms with Crippen LogP contribution in [0.15, 0.2) is 30.7 Å². The SMILES string of the molecule is Cn1ccnc1CN(C(=O)c1ncccc1N)C1CC1. The molecule has 3 rings (SSSR count). The lowest BCUT2D eigenvalue weighted by atomic mass is 10.2. The number of pyridine rings is 1. The first kappa shape index (κ1) is 12.7. The van der Waals surface area contributed by atoms with Gasteiger partial charge >= 0.3 is 0 Å². The van der Waals surface area contributed by atoms with Crippen LogP contribution >= 0.6 is 0 Å². The summed E-state index contributed by atoms with van der Waals surface area (Å²) < 4.78 is 1.92. The molecule has 1 aliphatic rings. The summed E-state index contributed by atoms with van der Waals surface area (Å²) in [5.41, 5.74) is 6.60. The van der Waals surface area contributed by atoms with Crippen LogP contribution in [0.2, 0.25) is 0 Å². The monoisotopic (exact) mass is 271 g/mol. The van der Waals surface area contributed by atoms with E-state index in [1.54, 1.807) is 24.5 Å². The van der Waals surface area contributed by atoms with Crippen molar-refractivity contribution in [3.05, 3.63) is 42.2 Å². The smallest absolute Gasteiger partial charge is 0.275 e. The summed E-state index contributed by atoms with van der Waals surface area (Å²) in [6.45, 7) is 0.489. The maximum Gasteiger partial charge on any atom is 0.275 e. The van der Waals surface area contributed by atoms with Crippen LogP contribution in [0.1, 0.15) is 29.2 Å². The fourth-order valence-electron chi connectivity index (χ4n) is 2.19. The molecule has 0 aliphatic heterocycles. The molecule has 1 amide bonds. The molecule has 2 aromatic heterocycles. The first-order chi connectivity index (χ1) is 9.66. The van der Waals surface area contributed by atoms with Gasteiger partial charge in [0.2, 0.25) is 0 Å². The number of imidazole rings is 1. The summed E-state index contributed by atoms with van der Waals surface area (Å²) in [4.78, 5) is 22.9. The zero-order chi connectivity index (χ0) is 14.1. The minimum Gasteiger partial charge on any atom is -0.397 e. The Morgan fingerprint density at radius 2 is 2.25 bits per heavy atom. The normalized spacial score (nSPS) is 14.2. The molecule has 6 heteroatoms. The molecule has 1 saturated carbocycles. The molecule has 2 N–H and O–H groups in total. The lowest BCUT2D eigenvalue weighted by molar-refractivity contribution is 0.0719. The second-order valence-electron chi connectivity index (χ2n) is 5.06. The second kappa shape index (κ2) is 4.96. The van der Waals surface area contributed by atoms with Crippen molar-refractivity contribution in [1.82, 2.24) is 19.4 Å². The highest BCUT2D eigenvalue weighted by Gasteiger charge is 2.34. The Hall–Kier alpha value is -2.37. The lowest BCUT2D eigenvalue weighted by Crippen LogP contribution is -2.34. The highest BCUT2D eigenvalue weighted by molar-refractivity contribution is 5.97. The van der Waals surface area contributed by atoms with Crippen LogP contribution in [0.5, 0.6) is 0 Å². The molecule has 2 aromatic rings. The minimum atomic E-state index is -0.117. The van der Waals surface area contributed by atoms with Crippen LogP contribution in [0.4, 0.5) is 5.69 Å². The van der Waals surface area contributed by atoms with E-state index in [1.807, 2.05) is 22.7 Å². The number of hydrogen-bond donors (Lipinski definition) is 1. The molecule has 0 spiro atoms. The molecule has 0 aromatic carbocycles. The van der Waals surface area contributed by atoms with Gasteiger partial charge in [-0.25, -0.2) is 9.97 Å². The summed E-state index contributed by atoms with van der Waals surface area (Å²) in [6.07, 6.45) is 7.27. The van der Waals surface area contributed by atoms with Gasteiger partial charge in [-0.05, 0) is 25.0 Å². The fraction of sp³-hybridized carbons (Fsp3) is 0.357. The maximum atomic E-state index is 12.6. The van der Waals surface area contributed by atoms with E-state index >= 15 is 0 Å². The molecule has 0 saturated heterocycles. The Balaban J connectivity index is 1.86. The van der Waals surface area contributed by atoms with Gasteiger partial charge in [0, 0.05) is 31.7 Å². The Morgan fingerprint density at radius 1 is 1.45 bits per heavy atom. The van der Waals surface area contributed by atoms with Gasteiger partial charge in [0.15, 0.2) is 5.69 Å². The van der Waals surface area contributed by atoms with Crippen LogP contribution in [0, 0.1) is 0 Å². The van der Waals surface area contributed by atoms with Crippen molar-refractivity contribution < 1.29 is 4.79 Å². The van der Waals surface area contributed by atoms with Gasteiger partial charge in [0.1, 0.15) is 5.82 Å². The summed E-state index contributed by atoms with van der Waals surface area (Å²) in [5.74, 6) is 0.744. The Morgan fingerprint density at radius 3 is 2.85 bits per heavy atom. The van der Waals surface area contributed by atoms with Gasteiger partial charge in [0.05, 0.1) is 12.2 Å². The van der Waals surface area contributed by atoms with Crippen molar-refractivity contribution in [1.29, 1.82) is 0 Å². The third-order valence-corrected chi connectivity index (χ3v) is 3.52. The predicted octanol–water partition coefficient (Wildman–Crippen LogP) is 1.20. The standard InChI is InChI=1S/C14H17N5O/c1-18-8-7-16-12(18)9-19(10-4-5-10)14(20)13-11(15)3-2-6-17-13/h2-3,6-8,10H,4-5,9,15H2,1H3. The van der Waals surface area contributed by atoms with Crippen molar-refractivity contribution in [2.24, 2.45) is 7.05 Å². The summed E-state index contributed by atoms with van der Waals surface area (Å²) in [5, 5.41) is 0. The molecule has 20 heavy (non-hydrogen) atoms. The molecular formula is C14H17N5O. The number of nitrogen functional groups attached to an aromatic ring is 1. The molecule has 0 radical (unpaired) electrons. The molecular weight excluding hydrogens is 254 g/mol. The lowest BCUT2D eigenvalue weighted by Gasteiger charge is -2.22. The molecule has 6 nitrogen and oxygen atoms in total. The number of carbonyl (C=O) groups excluding carboxylic acids is 1. The highest BCUT2D eigenvalue weighted by Crippen LogP contribution is 2.30. The number of aryl methyl sites for hydroxylation is 1. The molecule has 2 heterocycles.